The average molecular weight is 341 g/mol. The summed E-state index contributed by atoms with van der Waals surface area (Å²) in [6.45, 7) is 0.220. The number of nitro benzene ring substituents is 1. The fourth-order valence-electron chi connectivity index (χ4n) is 1.56. The molecule has 0 spiro atoms. The normalized spacial score (nSPS) is 10.3. The van der Waals surface area contributed by atoms with Crippen molar-refractivity contribution in [1.82, 2.24) is 0 Å². The third kappa shape index (κ3) is 3.12. The van der Waals surface area contributed by atoms with Gasteiger partial charge in [-0.2, -0.15) is 0 Å². The van der Waals surface area contributed by atoms with E-state index in [1.165, 1.54) is 30.3 Å². The van der Waals surface area contributed by atoms with E-state index >= 15 is 0 Å². The van der Waals surface area contributed by atoms with Gasteiger partial charge in [0.15, 0.2) is 11.6 Å². The van der Waals surface area contributed by atoms with Crippen molar-refractivity contribution in [3.63, 3.8) is 0 Å². The Bertz CT molecular complexity index is 664. The van der Waals surface area contributed by atoms with Gasteiger partial charge in [0.2, 0.25) is 0 Å². The van der Waals surface area contributed by atoms with Crippen molar-refractivity contribution < 1.29 is 14.1 Å². The molecule has 0 radical (unpaired) electrons. The molecule has 0 aromatic heterocycles. The average Bonchev–Trinajstić information content (AvgIpc) is 2.42. The van der Waals surface area contributed by atoms with Crippen LogP contribution in [0.4, 0.5) is 10.1 Å². The molecule has 20 heavy (non-hydrogen) atoms. The number of halogens is 2. The highest BCUT2D eigenvalue weighted by Crippen LogP contribution is 2.34. The number of nitrogens with zero attached hydrogens (tertiary/aromatic N) is 1. The molecule has 5 nitrogen and oxygen atoms in total. The molecule has 2 N–H and O–H groups in total. The Morgan fingerprint density at radius 2 is 2.00 bits per heavy atom. The molecule has 104 valence electrons. The van der Waals surface area contributed by atoms with Gasteiger partial charge >= 0.3 is 0 Å². The molecule has 7 heteroatoms. The maximum atomic E-state index is 13.8. The van der Waals surface area contributed by atoms with Gasteiger partial charge < -0.3 is 10.5 Å². The van der Waals surface area contributed by atoms with Crippen LogP contribution in [0, 0.1) is 15.9 Å². The first-order valence-corrected chi connectivity index (χ1v) is 6.41. The summed E-state index contributed by atoms with van der Waals surface area (Å²) in [5, 5.41) is 10.7. The molecule has 0 bridgehead atoms. The van der Waals surface area contributed by atoms with Gasteiger partial charge in [0.1, 0.15) is 5.75 Å². The van der Waals surface area contributed by atoms with E-state index in [0.717, 1.165) is 0 Å². The van der Waals surface area contributed by atoms with E-state index in [1.54, 1.807) is 6.07 Å². The van der Waals surface area contributed by atoms with Crippen molar-refractivity contribution in [3.05, 3.63) is 62.4 Å². The molecule has 2 aromatic carbocycles. The number of non-ortho nitro benzene ring substituents is 1. The first-order chi connectivity index (χ1) is 9.51. The van der Waals surface area contributed by atoms with E-state index in [2.05, 4.69) is 15.9 Å². The van der Waals surface area contributed by atoms with Gasteiger partial charge in [-0.3, -0.25) is 10.1 Å². The van der Waals surface area contributed by atoms with E-state index in [4.69, 9.17) is 10.5 Å². The van der Waals surface area contributed by atoms with Gasteiger partial charge in [-0.25, -0.2) is 4.39 Å². The number of hydrogen-bond acceptors (Lipinski definition) is 4. The van der Waals surface area contributed by atoms with Gasteiger partial charge in [0.25, 0.3) is 5.69 Å². The Morgan fingerprint density at radius 3 is 2.60 bits per heavy atom. The van der Waals surface area contributed by atoms with Crippen LogP contribution in [0.5, 0.6) is 11.5 Å². The smallest absolute Gasteiger partial charge is 0.273 e. The highest BCUT2D eigenvalue weighted by atomic mass is 79.9. The first kappa shape index (κ1) is 14.4. The lowest BCUT2D eigenvalue weighted by atomic mass is 10.2. The monoisotopic (exact) mass is 340 g/mol. The molecule has 0 amide bonds. The highest BCUT2D eigenvalue weighted by molar-refractivity contribution is 9.10. The third-order valence-electron chi connectivity index (χ3n) is 2.58. The van der Waals surface area contributed by atoms with Gasteiger partial charge in [-0.1, -0.05) is 6.07 Å². The minimum absolute atomic E-state index is 0.0246. The molecule has 0 unspecified atom stereocenters. The van der Waals surface area contributed by atoms with E-state index in [9.17, 15) is 14.5 Å². The summed E-state index contributed by atoms with van der Waals surface area (Å²) in [4.78, 5) is 10.2. The predicted molar refractivity (Wildman–Crippen MR) is 75.2 cm³/mol. The van der Waals surface area contributed by atoms with Gasteiger partial charge in [-0.05, 0) is 39.7 Å². The van der Waals surface area contributed by atoms with E-state index < -0.39 is 10.7 Å². The van der Waals surface area contributed by atoms with E-state index in [-0.39, 0.29) is 23.7 Å². The van der Waals surface area contributed by atoms with Crippen LogP contribution in [0.3, 0.4) is 0 Å². The minimum Gasteiger partial charge on any atom is -0.453 e. The van der Waals surface area contributed by atoms with Crippen LogP contribution in [0.15, 0.2) is 40.9 Å². The molecule has 0 saturated carbocycles. The van der Waals surface area contributed by atoms with E-state index in [0.29, 0.717) is 10.0 Å². The molecule has 0 saturated heterocycles. The Labute approximate surface area is 122 Å². The molecule has 0 aliphatic heterocycles. The second-order valence-corrected chi connectivity index (χ2v) is 4.80. The topological polar surface area (TPSA) is 78.4 Å². The number of hydrogen-bond donors (Lipinski definition) is 1. The lowest BCUT2D eigenvalue weighted by Crippen LogP contribution is -1.98. The summed E-state index contributed by atoms with van der Waals surface area (Å²) < 4.78 is 19.6. The summed E-state index contributed by atoms with van der Waals surface area (Å²) in [5.41, 5.74) is 5.90. The molecule has 0 heterocycles. The van der Waals surface area contributed by atoms with Crippen LogP contribution < -0.4 is 10.5 Å². The Kier molecular flexibility index (Phi) is 4.31. The van der Waals surface area contributed by atoms with Gasteiger partial charge in [0.05, 0.1) is 15.5 Å². The zero-order chi connectivity index (χ0) is 14.7. The molecule has 0 fully saturated rings. The number of ether oxygens (including phenoxy) is 1. The predicted octanol–water partition coefficient (Wildman–Crippen LogP) is 3.75. The lowest BCUT2D eigenvalue weighted by Gasteiger charge is -2.09. The fraction of sp³-hybridized carbons (Fsp3) is 0.0769. The summed E-state index contributed by atoms with van der Waals surface area (Å²) in [5.74, 6) is -0.437. The molecule has 0 aliphatic rings. The Hall–Kier alpha value is -1.99. The van der Waals surface area contributed by atoms with Crippen molar-refractivity contribution >= 4 is 21.6 Å². The molecular formula is C13H10BrFN2O3. The zero-order valence-corrected chi connectivity index (χ0v) is 11.8. The Balaban J connectivity index is 2.34. The van der Waals surface area contributed by atoms with Crippen LogP contribution in [0.25, 0.3) is 0 Å². The third-order valence-corrected chi connectivity index (χ3v) is 3.23. The van der Waals surface area contributed by atoms with Crippen molar-refractivity contribution in [2.24, 2.45) is 5.73 Å². The molecule has 2 rings (SSSR count). The van der Waals surface area contributed by atoms with Crippen molar-refractivity contribution in [1.29, 1.82) is 0 Å². The first-order valence-electron chi connectivity index (χ1n) is 5.61. The second-order valence-electron chi connectivity index (χ2n) is 3.94. The van der Waals surface area contributed by atoms with Crippen molar-refractivity contribution in [2.45, 2.75) is 6.54 Å². The van der Waals surface area contributed by atoms with Crippen molar-refractivity contribution in [2.75, 3.05) is 0 Å². The summed E-state index contributed by atoms with van der Waals surface area (Å²) >= 11 is 3.20. The SMILES string of the molecule is NCc1ccc(Oc2cc([N+](=O)[O-])ccc2Br)c(F)c1. The van der Waals surface area contributed by atoms with E-state index in [1.807, 2.05) is 0 Å². The second kappa shape index (κ2) is 5.98. The number of benzene rings is 2. The number of rotatable bonds is 4. The number of nitro groups is 1. The van der Waals surface area contributed by atoms with Crippen LogP contribution in [0.1, 0.15) is 5.56 Å². The maximum absolute atomic E-state index is 13.8. The molecular weight excluding hydrogens is 331 g/mol. The summed E-state index contributed by atoms with van der Waals surface area (Å²) in [7, 11) is 0. The number of nitrogens with two attached hydrogens (primary N) is 1. The van der Waals surface area contributed by atoms with Gasteiger partial charge in [-0.15, -0.1) is 0 Å². The largest absolute Gasteiger partial charge is 0.453 e. The summed E-state index contributed by atoms with van der Waals surface area (Å²) in [6.07, 6.45) is 0. The summed E-state index contributed by atoms with van der Waals surface area (Å²) in [6, 6.07) is 8.35. The molecule has 0 atom stereocenters. The lowest BCUT2D eigenvalue weighted by molar-refractivity contribution is -0.384. The fourth-order valence-corrected chi connectivity index (χ4v) is 1.88. The standard InChI is InChI=1S/C13H10BrFN2O3/c14-10-3-2-9(17(18)19)6-13(10)20-12-4-1-8(7-16)5-11(12)15/h1-6H,7,16H2. The minimum atomic E-state index is -0.577. The van der Waals surface area contributed by atoms with Crippen LogP contribution in [-0.4, -0.2) is 4.92 Å². The van der Waals surface area contributed by atoms with Crippen molar-refractivity contribution in [3.8, 4) is 11.5 Å². The maximum Gasteiger partial charge on any atom is 0.273 e. The zero-order valence-electron chi connectivity index (χ0n) is 10.2. The highest BCUT2D eigenvalue weighted by Gasteiger charge is 2.13. The van der Waals surface area contributed by atoms with Crippen LogP contribution >= 0.6 is 15.9 Å². The van der Waals surface area contributed by atoms with Gasteiger partial charge in [0, 0.05) is 12.6 Å². The van der Waals surface area contributed by atoms with Crippen LogP contribution in [-0.2, 0) is 6.54 Å². The molecule has 0 aliphatic carbocycles. The van der Waals surface area contributed by atoms with Crippen LogP contribution in [0.2, 0.25) is 0 Å². The quantitative estimate of drug-likeness (QED) is 0.679. The Morgan fingerprint density at radius 1 is 1.25 bits per heavy atom. The molecule has 2 aromatic rings.